The van der Waals surface area contributed by atoms with Crippen molar-refractivity contribution in [2.24, 2.45) is 7.05 Å². The molecule has 2 aromatic heterocycles. The Balaban J connectivity index is 1.53. The van der Waals surface area contributed by atoms with Crippen LogP contribution in [0.2, 0.25) is 0 Å². The van der Waals surface area contributed by atoms with E-state index < -0.39 is 0 Å². The van der Waals surface area contributed by atoms with Crippen molar-refractivity contribution in [2.75, 3.05) is 26.2 Å². The maximum absolute atomic E-state index is 13.6. The molecule has 23 heavy (non-hydrogen) atoms. The van der Waals surface area contributed by atoms with Crippen molar-refractivity contribution in [1.29, 1.82) is 0 Å². The summed E-state index contributed by atoms with van der Waals surface area (Å²) in [6, 6.07) is 5.42. The van der Waals surface area contributed by atoms with E-state index in [-0.39, 0.29) is 11.4 Å². The lowest BCUT2D eigenvalue weighted by Gasteiger charge is -2.34. The van der Waals surface area contributed by atoms with Crippen LogP contribution in [-0.2, 0) is 20.1 Å². The van der Waals surface area contributed by atoms with Crippen molar-refractivity contribution >= 4 is 0 Å². The lowest BCUT2D eigenvalue weighted by Crippen LogP contribution is -2.45. The molecule has 3 rings (SSSR count). The zero-order valence-corrected chi connectivity index (χ0v) is 13.3. The molecular formula is C17H21FN4O. The van der Waals surface area contributed by atoms with E-state index in [1.54, 1.807) is 36.1 Å². The molecule has 0 aromatic carbocycles. The van der Waals surface area contributed by atoms with Gasteiger partial charge in [-0.1, -0.05) is 0 Å². The highest BCUT2D eigenvalue weighted by molar-refractivity contribution is 5.13. The molecule has 122 valence electrons. The molecule has 0 spiro atoms. The van der Waals surface area contributed by atoms with Crippen LogP contribution in [-0.4, -0.2) is 45.5 Å². The third kappa shape index (κ3) is 4.03. The first-order valence-corrected chi connectivity index (χ1v) is 7.80. The molecule has 1 fully saturated rings. The van der Waals surface area contributed by atoms with E-state index in [0.29, 0.717) is 12.1 Å². The summed E-state index contributed by atoms with van der Waals surface area (Å²) < 4.78 is 15.2. The number of halogens is 1. The molecule has 1 aliphatic heterocycles. The van der Waals surface area contributed by atoms with Crippen LogP contribution in [0.4, 0.5) is 4.39 Å². The number of aromatic nitrogens is 2. The second kappa shape index (κ2) is 7.02. The van der Waals surface area contributed by atoms with Crippen molar-refractivity contribution in [3.63, 3.8) is 0 Å². The zero-order valence-electron chi connectivity index (χ0n) is 13.3. The van der Waals surface area contributed by atoms with Gasteiger partial charge >= 0.3 is 0 Å². The number of pyridine rings is 2. The average Bonchev–Trinajstić information content (AvgIpc) is 2.55. The van der Waals surface area contributed by atoms with Gasteiger partial charge in [-0.3, -0.25) is 19.6 Å². The molecule has 0 unspecified atom stereocenters. The summed E-state index contributed by atoms with van der Waals surface area (Å²) in [7, 11) is 1.75. The van der Waals surface area contributed by atoms with E-state index in [2.05, 4.69) is 14.8 Å². The van der Waals surface area contributed by atoms with E-state index in [1.165, 1.54) is 6.20 Å². The zero-order chi connectivity index (χ0) is 16.2. The molecule has 1 aliphatic rings. The first-order chi connectivity index (χ1) is 11.1. The minimum atomic E-state index is -0.241. The number of piperazine rings is 1. The van der Waals surface area contributed by atoms with Crippen LogP contribution < -0.4 is 5.56 Å². The number of hydrogen-bond acceptors (Lipinski definition) is 4. The van der Waals surface area contributed by atoms with Crippen LogP contribution in [0.5, 0.6) is 0 Å². The maximum atomic E-state index is 13.6. The summed E-state index contributed by atoms with van der Waals surface area (Å²) in [4.78, 5) is 20.0. The Morgan fingerprint density at radius 3 is 2.48 bits per heavy atom. The molecule has 0 atom stereocenters. The van der Waals surface area contributed by atoms with Gasteiger partial charge in [0.2, 0.25) is 0 Å². The summed E-state index contributed by atoms with van der Waals surface area (Å²) in [5.74, 6) is -0.241. The predicted octanol–water partition coefficient (Wildman–Crippen LogP) is 1.24. The molecule has 5 nitrogen and oxygen atoms in total. The highest BCUT2D eigenvalue weighted by Crippen LogP contribution is 2.12. The Hall–Kier alpha value is -2.05. The first-order valence-electron chi connectivity index (χ1n) is 7.80. The molecule has 2 aromatic rings. The SMILES string of the molecule is Cn1ccc(CN2CCN(Cc3ccncc3F)CC2)cc1=O. The lowest BCUT2D eigenvalue weighted by atomic mass is 10.2. The van der Waals surface area contributed by atoms with Gasteiger partial charge in [-0.2, -0.15) is 0 Å². The number of nitrogens with zero attached hydrogens (tertiary/aromatic N) is 4. The van der Waals surface area contributed by atoms with Crippen molar-refractivity contribution in [1.82, 2.24) is 19.4 Å². The molecule has 0 radical (unpaired) electrons. The Morgan fingerprint density at radius 2 is 1.83 bits per heavy atom. The molecule has 0 bridgehead atoms. The highest BCUT2D eigenvalue weighted by atomic mass is 19.1. The van der Waals surface area contributed by atoms with Gasteiger partial charge in [-0.15, -0.1) is 0 Å². The second-order valence-corrected chi connectivity index (χ2v) is 6.00. The smallest absolute Gasteiger partial charge is 0.250 e. The lowest BCUT2D eigenvalue weighted by molar-refractivity contribution is 0.121. The number of rotatable bonds is 4. The van der Waals surface area contributed by atoms with E-state index in [0.717, 1.165) is 38.3 Å². The van der Waals surface area contributed by atoms with E-state index >= 15 is 0 Å². The Kier molecular flexibility index (Phi) is 4.83. The molecule has 0 aliphatic carbocycles. The summed E-state index contributed by atoms with van der Waals surface area (Å²) in [5, 5.41) is 0. The standard InChI is InChI=1S/C17H21FN4O/c1-20-5-3-14(10-17(20)23)12-21-6-8-22(9-7-21)13-15-2-4-19-11-16(15)18/h2-5,10-11H,6-9,12-13H2,1H3. The topological polar surface area (TPSA) is 41.4 Å². The van der Waals surface area contributed by atoms with E-state index in [4.69, 9.17) is 0 Å². The van der Waals surface area contributed by atoms with Gasteiger partial charge in [0.05, 0.1) is 6.20 Å². The monoisotopic (exact) mass is 316 g/mol. The molecule has 0 N–H and O–H groups in total. The van der Waals surface area contributed by atoms with Crippen LogP contribution in [0.25, 0.3) is 0 Å². The minimum absolute atomic E-state index is 0.0225. The Bertz CT molecular complexity index is 723. The van der Waals surface area contributed by atoms with Crippen molar-refractivity contribution < 1.29 is 4.39 Å². The van der Waals surface area contributed by atoms with Crippen LogP contribution in [0, 0.1) is 5.82 Å². The summed E-state index contributed by atoms with van der Waals surface area (Å²) in [6.07, 6.45) is 4.70. The fraction of sp³-hybridized carbons (Fsp3) is 0.412. The largest absolute Gasteiger partial charge is 0.319 e. The molecule has 3 heterocycles. The fourth-order valence-corrected chi connectivity index (χ4v) is 2.82. The van der Waals surface area contributed by atoms with Gasteiger partial charge in [0.15, 0.2) is 0 Å². The Labute approximate surface area is 135 Å². The van der Waals surface area contributed by atoms with Gasteiger partial charge in [-0.25, -0.2) is 4.39 Å². The van der Waals surface area contributed by atoms with Gasteiger partial charge in [0.1, 0.15) is 5.82 Å². The molecular weight excluding hydrogens is 295 g/mol. The van der Waals surface area contributed by atoms with Crippen LogP contribution in [0.1, 0.15) is 11.1 Å². The van der Waals surface area contributed by atoms with E-state index in [9.17, 15) is 9.18 Å². The van der Waals surface area contributed by atoms with Gasteiger partial charge in [0, 0.05) is 70.3 Å². The Morgan fingerprint density at radius 1 is 1.13 bits per heavy atom. The van der Waals surface area contributed by atoms with Crippen molar-refractivity contribution in [2.45, 2.75) is 13.1 Å². The van der Waals surface area contributed by atoms with Crippen molar-refractivity contribution in [3.05, 3.63) is 64.1 Å². The predicted molar refractivity (Wildman–Crippen MR) is 86.4 cm³/mol. The van der Waals surface area contributed by atoms with Gasteiger partial charge in [-0.05, 0) is 17.7 Å². The number of aryl methyl sites for hydroxylation is 1. The third-order valence-electron chi connectivity index (χ3n) is 4.29. The summed E-state index contributed by atoms with van der Waals surface area (Å²) >= 11 is 0. The summed E-state index contributed by atoms with van der Waals surface area (Å²) in [5.41, 5.74) is 1.76. The average molecular weight is 316 g/mol. The molecule has 6 heteroatoms. The fourth-order valence-electron chi connectivity index (χ4n) is 2.82. The molecule has 0 amide bonds. The molecule has 0 saturated carbocycles. The first kappa shape index (κ1) is 15.8. The maximum Gasteiger partial charge on any atom is 0.250 e. The highest BCUT2D eigenvalue weighted by Gasteiger charge is 2.18. The second-order valence-electron chi connectivity index (χ2n) is 6.00. The van der Waals surface area contributed by atoms with E-state index in [1.807, 2.05) is 6.07 Å². The normalized spacial score (nSPS) is 16.6. The van der Waals surface area contributed by atoms with Crippen LogP contribution >= 0.6 is 0 Å². The minimum Gasteiger partial charge on any atom is -0.319 e. The van der Waals surface area contributed by atoms with Crippen molar-refractivity contribution in [3.8, 4) is 0 Å². The summed E-state index contributed by atoms with van der Waals surface area (Å²) in [6.45, 7) is 5.03. The van der Waals surface area contributed by atoms with Crippen LogP contribution in [0.15, 0.2) is 41.6 Å². The van der Waals surface area contributed by atoms with Gasteiger partial charge < -0.3 is 4.57 Å². The quantitative estimate of drug-likeness (QED) is 0.851. The number of hydrogen-bond donors (Lipinski definition) is 0. The van der Waals surface area contributed by atoms with Crippen LogP contribution in [0.3, 0.4) is 0 Å². The van der Waals surface area contributed by atoms with Gasteiger partial charge in [0.25, 0.3) is 5.56 Å². The third-order valence-corrected chi connectivity index (χ3v) is 4.29. The molecule has 1 saturated heterocycles.